The Hall–Kier alpha value is -0.340. The summed E-state index contributed by atoms with van der Waals surface area (Å²) < 4.78 is 28.6. The van der Waals surface area contributed by atoms with Gasteiger partial charge in [-0.15, -0.1) is 0 Å². The quantitative estimate of drug-likeness (QED) is 0.768. The monoisotopic (exact) mass is 415 g/mol. The zero-order valence-corrected chi connectivity index (χ0v) is 14.9. The highest BCUT2D eigenvalue weighted by Crippen LogP contribution is 2.32. The average molecular weight is 417 g/mol. The van der Waals surface area contributed by atoms with Crippen LogP contribution in [-0.4, -0.2) is 33.1 Å². The van der Waals surface area contributed by atoms with E-state index in [9.17, 15) is 13.2 Å². The summed E-state index contributed by atoms with van der Waals surface area (Å²) in [5.41, 5.74) is -0.457. The number of ether oxygens (including phenoxy) is 1. The van der Waals surface area contributed by atoms with Gasteiger partial charge in [0.05, 0.1) is 22.7 Å². The molecule has 21 heavy (non-hydrogen) atoms. The Morgan fingerprint density at radius 2 is 2.14 bits per heavy atom. The highest BCUT2D eigenvalue weighted by molar-refractivity contribution is 9.10. The van der Waals surface area contributed by atoms with Gasteiger partial charge in [0.15, 0.2) is 0 Å². The van der Waals surface area contributed by atoms with Crippen molar-refractivity contribution < 1.29 is 17.9 Å². The molecule has 1 aromatic carbocycles. The maximum absolute atomic E-state index is 12.3. The summed E-state index contributed by atoms with van der Waals surface area (Å²) in [6.45, 7) is 2.80. The topological polar surface area (TPSA) is 72.5 Å². The van der Waals surface area contributed by atoms with Gasteiger partial charge in [-0.2, -0.15) is 0 Å². The fraction of sp³-hybridized carbons (Fsp3) is 0.417. The molecule has 0 aromatic heterocycles. The number of carbonyl (C=O) groups excluding carboxylic acids is 1. The smallest absolute Gasteiger partial charge is 0.262 e. The van der Waals surface area contributed by atoms with Gasteiger partial charge in [0, 0.05) is 21.8 Å². The van der Waals surface area contributed by atoms with Gasteiger partial charge >= 0.3 is 0 Å². The third-order valence-corrected chi connectivity index (χ3v) is 5.47. The molecule has 1 N–H and O–H groups in total. The Morgan fingerprint density at radius 3 is 2.67 bits per heavy atom. The number of nitrogens with one attached hydrogen (secondary N) is 1. The maximum Gasteiger partial charge on any atom is 0.262 e. The number of rotatable bonds is 3. The SMILES string of the molecule is CC1(NC(=O)c2cc(Br)cc(S(=O)(=O)Cl)c2Cl)CCOC1. The summed E-state index contributed by atoms with van der Waals surface area (Å²) in [6, 6.07) is 2.70. The Morgan fingerprint density at radius 1 is 1.48 bits per heavy atom. The molecule has 0 spiro atoms. The van der Waals surface area contributed by atoms with Crippen molar-refractivity contribution >= 4 is 53.2 Å². The normalized spacial score (nSPS) is 22.3. The van der Waals surface area contributed by atoms with Crippen LogP contribution in [0.1, 0.15) is 23.7 Å². The lowest BCUT2D eigenvalue weighted by Gasteiger charge is -2.24. The number of amides is 1. The number of hydrogen-bond donors (Lipinski definition) is 1. The molecule has 0 radical (unpaired) electrons. The second-order valence-corrected chi connectivity index (χ2v) is 8.85. The standard InChI is InChI=1S/C12H12BrCl2NO4S/c1-12(2-3-20-6-12)16-11(17)8-4-7(13)5-9(10(8)14)21(15,18)19/h4-5H,2-3,6H2,1H3,(H,16,17). The third kappa shape index (κ3) is 3.90. The molecular formula is C12H12BrCl2NO4S. The van der Waals surface area contributed by atoms with E-state index < -0.39 is 20.5 Å². The zero-order valence-electron chi connectivity index (χ0n) is 11.0. The van der Waals surface area contributed by atoms with Crippen LogP contribution in [0.4, 0.5) is 0 Å². The number of halogens is 3. The minimum Gasteiger partial charge on any atom is -0.379 e. The van der Waals surface area contributed by atoms with Gasteiger partial charge in [0.1, 0.15) is 4.90 Å². The molecule has 0 bridgehead atoms. The fourth-order valence-corrected chi connectivity index (χ4v) is 4.20. The number of hydrogen-bond acceptors (Lipinski definition) is 4. The van der Waals surface area contributed by atoms with Crippen molar-refractivity contribution in [2.75, 3.05) is 13.2 Å². The van der Waals surface area contributed by atoms with Crippen LogP contribution < -0.4 is 5.32 Å². The molecule has 1 amide bonds. The van der Waals surface area contributed by atoms with Crippen molar-refractivity contribution in [2.24, 2.45) is 0 Å². The number of carbonyl (C=O) groups is 1. The highest BCUT2D eigenvalue weighted by atomic mass is 79.9. The Labute approximate surface area is 140 Å². The van der Waals surface area contributed by atoms with Gasteiger partial charge in [-0.05, 0) is 25.5 Å². The van der Waals surface area contributed by atoms with Crippen LogP contribution in [0.25, 0.3) is 0 Å². The van der Waals surface area contributed by atoms with Crippen LogP contribution in [0.2, 0.25) is 5.02 Å². The van der Waals surface area contributed by atoms with Crippen molar-refractivity contribution in [2.45, 2.75) is 23.8 Å². The summed E-state index contributed by atoms with van der Waals surface area (Å²) in [7, 11) is 1.28. The fourth-order valence-electron chi connectivity index (χ4n) is 2.01. The van der Waals surface area contributed by atoms with E-state index in [-0.39, 0.29) is 15.5 Å². The van der Waals surface area contributed by atoms with E-state index >= 15 is 0 Å². The Bertz CT molecular complexity index is 687. The predicted octanol–water partition coefficient (Wildman–Crippen LogP) is 2.94. The summed E-state index contributed by atoms with van der Waals surface area (Å²) in [4.78, 5) is 12.0. The summed E-state index contributed by atoms with van der Waals surface area (Å²) >= 11 is 9.16. The lowest BCUT2D eigenvalue weighted by molar-refractivity contribution is 0.0889. The highest BCUT2D eigenvalue weighted by Gasteiger charge is 2.33. The molecule has 116 valence electrons. The second-order valence-electron chi connectivity index (χ2n) is 5.02. The number of benzene rings is 1. The third-order valence-electron chi connectivity index (χ3n) is 3.15. The van der Waals surface area contributed by atoms with Crippen molar-refractivity contribution in [3.05, 3.63) is 27.2 Å². The molecule has 1 heterocycles. The van der Waals surface area contributed by atoms with Crippen molar-refractivity contribution in [1.29, 1.82) is 0 Å². The van der Waals surface area contributed by atoms with Crippen LogP contribution in [0.15, 0.2) is 21.5 Å². The lowest BCUT2D eigenvalue weighted by Crippen LogP contribution is -2.46. The molecule has 5 nitrogen and oxygen atoms in total. The first kappa shape index (κ1) is 17.0. The Balaban J connectivity index is 2.40. The first-order valence-electron chi connectivity index (χ1n) is 5.96. The molecule has 1 fully saturated rings. The minimum absolute atomic E-state index is 0.0402. The van der Waals surface area contributed by atoms with Gasteiger partial charge in [0.25, 0.3) is 15.0 Å². The van der Waals surface area contributed by atoms with Crippen LogP contribution in [-0.2, 0) is 13.8 Å². The molecule has 2 rings (SSSR count). The molecule has 1 saturated heterocycles. The van der Waals surface area contributed by atoms with E-state index in [1.807, 2.05) is 6.92 Å². The molecule has 1 unspecified atom stereocenters. The van der Waals surface area contributed by atoms with Gasteiger partial charge < -0.3 is 10.1 Å². The Kier molecular flexibility index (Phi) is 4.90. The molecular weight excluding hydrogens is 405 g/mol. The zero-order chi connectivity index (χ0) is 15.8. The van der Waals surface area contributed by atoms with Gasteiger partial charge in [-0.3, -0.25) is 4.79 Å². The largest absolute Gasteiger partial charge is 0.379 e. The summed E-state index contributed by atoms with van der Waals surface area (Å²) in [6.07, 6.45) is 0.672. The maximum atomic E-state index is 12.3. The average Bonchev–Trinajstić information content (AvgIpc) is 2.76. The molecule has 0 saturated carbocycles. The molecule has 9 heteroatoms. The van der Waals surface area contributed by atoms with E-state index in [1.165, 1.54) is 12.1 Å². The van der Waals surface area contributed by atoms with E-state index in [4.69, 9.17) is 27.0 Å². The van der Waals surface area contributed by atoms with Crippen molar-refractivity contribution in [3.8, 4) is 0 Å². The van der Waals surface area contributed by atoms with Gasteiger partial charge in [-0.1, -0.05) is 27.5 Å². The summed E-state index contributed by atoms with van der Waals surface area (Å²) in [5.74, 6) is -0.476. The van der Waals surface area contributed by atoms with Gasteiger partial charge in [-0.25, -0.2) is 8.42 Å². The lowest BCUT2D eigenvalue weighted by atomic mass is 10.0. The van der Waals surface area contributed by atoms with E-state index in [2.05, 4.69) is 21.2 Å². The van der Waals surface area contributed by atoms with E-state index in [0.29, 0.717) is 24.1 Å². The molecule has 1 atom stereocenters. The van der Waals surface area contributed by atoms with Crippen LogP contribution in [0.5, 0.6) is 0 Å². The second kappa shape index (κ2) is 6.04. The predicted molar refractivity (Wildman–Crippen MR) is 83.5 cm³/mol. The van der Waals surface area contributed by atoms with Crippen molar-refractivity contribution in [1.82, 2.24) is 5.32 Å². The first-order chi connectivity index (χ1) is 9.62. The molecule has 1 aromatic rings. The van der Waals surface area contributed by atoms with Crippen LogP contribution >= 0.6 is 38.2 Å². The minimum atomic E-state index is -4.05. The molecule has 1 aliphatic rings. The van der Waals surface area contributed by atoms with E-state index in [1.54, 1.807) is 0 Å². The molecule has 1 aliphatic heterocycles. The van der Waals surface area contributed by atoms with E-state index in [0.717, 1.165) is 0 Å². The summed E-state index contributed by atoms with van der Waals surface area (Å²) in [5, 5.41) is 2.61. The van der Waals surface area contributed by atoms with Crippen molar-refractivity contribution in [3.63, 3.8) is 0 Å². The first-order valence-corrected chi connectivity index (χ1v) is 9.44. The molecule has 0 aliphatic carbocycles. The van der Waals surface area contributed by atoms with Gasteiger partial charge in [0.2, 0.25) is 0 Å². The van der Waals surface area contributed by atoms with Crippen LogP contribution in [0.3, 0.4) is 0 Å². The van der Waals surface area contributed by atoms with Crippen LogP contribution in [0, 0.1) is 0 Å².